The maximum absolute atomic E-state index is 12.9. The Labute approximate surface area is 97.8 Å². The molecule has 16 heavy (non-hydrogen) atoms. The molecule has 0 aliphatic carbocycles. The normalized spacial score (nSPS) is 9.81. The number of hydrogen-bond donors (Lipinski definition) is 3. The molecule has 0 unspecified atom stereocenters. The maximum atomic E-state index is 12.9. The van der Waals surface area contributed by atoms with Gasteiger partial charge in [0.25, 0.3) is 0 Å². The molecule has 0 aliphatic rings. The van der Waals surface area contributed by atoms with Crippen molar-refractivity contribution in [3.63, 3.8) is 0 Å². The molecule has 1 amide bonds. The Morgan fingerprint density at radius 3 is 2.69 bits per heavy atom. The summed E-state index contributed by atoms with van der Waals surface area (Å²) in [5.74, 6) is -0.824. The molecule has 0 aromatic heterocycles. The molecule has 0 heterocycles. The van der Waals surface area contributed by atoms with E-state index in [0.717, 1.165) is 0 Å². The minimum atomic E-state index is -0.414. The van der Waals surface area contributed by atoms with Crippen LogP contribution in [-0.4, -0.2) is 17.4 Å². The molecule has 0 fully saturated rings. The van der Waals surface area contributed by atoms with Gasteiger partial charge in [-0.25, -0.2) is 4.39 Å². The Morgan fingerprint density at radius 2 is 2.12 bits per heavy atom. The number of thiocarbonyl (C=S) groups is 1. The van der Waals surface area contributed by atoms with E-state index < -0.39 is 11.7 Å². The van der Waals surface area contributed by atoms with E-state index in [1.165, 1.54) is 18.2 Å². The third-order valence-electron chi connectivity index (χ3n) is 1.93. The molecule has 86 valence electrons. The Kier molecular flexibility index (Phi) is 4.19. The molecular weight excluding hydrogens is 229 g/mol. The fourth-order valence-electron chi connectivity index (χ4n) is 1.19. The molecule has 0 saturated heterocycles. The summed E-state index contributed by atoms with van der Waals surface area (Å²) in [5.41, 5.74) is 11.4. The lowest BCUT2D eigenvalue weighted by Gasteiger charge is -2.10. The molecular formula is C10H12FN3OS. The highest BCUT2D eigenvalue weighted by atomic mass is 32.1. The van der Waals surface area contributed by atoms with Crippen molar-refractivity contribution in [1.29, 1.82) is 0 Å². The minimum absolute atomic E-state index is 0.0982. The fraction of sp³-hybridized carbons (Fsp3) is 0.200. The lowest BCUT2D eigenvalue weighted by atomic mass is 10.1. The van der Waals surface area contributed by atoms with Gasteiger partial charge in [-0.15, -0.1) is 0 Å². The zero-order valence-corrected chi connectivity index (χ0v) is 9.31. The van der Waals surface area contributed by atoms with Gasteiger partial charge in [0.2, 0.25) is 5.91 Å². The molecule has 0 bridgehead atoms. The first-order valence-electron chi connectivity index (χ1n) is 4.62. The number of rotatable bonds is 5. The van der Waals surface area contributed by atoms with Gasteiger partial charge in [-0.2, -0.15) is 0 Å². The quantitative estimate of drug-likeness (QED) is 0.664. The lowest BCUT2D eigenvalue weighted by molar-refractivity contribution is -0.117. The second-order valence-electron chi connectivity index (χ2n) is 3.20. The molecule has 6 heteroatoms. The van der Waals surface area contributed by atoms with E-state index >= 15 is 0 Å². The zero-order chi connectivity index (χ0) is 12.1. The third-order valence-corrected chi connectivity index (χ3v) is 2.15. The van der Waals surface area contributed by atoms with Crippen molar-refractivity contribution >= 4 is 28.8 Å². The largest absolute Gasteiger partial charge is 0.389 e. The first-order chi connectivity index (χ1) is 7.50. The van der Waals surface area contributed by atoms with Crippen molar-refractivity contribution in [2.75, 3.05) is 11.9 Å². The van der Waals surface area contributed by atoms with Gasteiger partial charge >= 0.3 is 0 Å². The SMILES string of the molecule is NC(=O)CCNc1ccc(F)cc1C(N)=S. The summed E-state index contributed by atoms with van der Waals surface area (Å²) in [5, 5.41) is 2.92. The van der Waals surface area contributed by atoms with E-state index in [1.54, 1.807) is 0 Å². The number of hydrogen-bond acceptors (Lipinski definition) is 3. The number of amides is 1. The summed E-state index contributed by atoms with van der Waals surface area (Å²) in [6.45, 7) is 0.358. The van der Waals surface area contributed by atoms with Gasteiger partial charge in [-0.05, 0) is 18.2 Å². The van der Waals surface area contributed by atoms with Crippen LogP contribution in [0.2, 0.25) is 0 Å². The molecule has 1 rings (SSSR count). The lowest BCUT2D eigenvalue weighted by Crippen LogP contribution is -2.18. The molecule has 1 aromatic carbocycles. The standard InChI is InChI=1S/C10H12FN3OS/c11-6-1-2-8(7(5-6)10(13)16)14-4-3-9(12)15/h1-2,5,14H,3-4H2,(H2,12,15)(H2,13,16). The number of carbonyl (C=O) groups excluding carboxylic acids is 1. The van der Waals surface area contributed by atoms with Crippen molar-refractivity contribution in [3.05, 3.63) is 29.6 Å². The molecule has 4 nitrogen and oxygen atoms in total. The number of primary amides is 1. The second kappa shape index (κ2) is 5.41. The van der Waals surface area contributed by atoms with Crippen molar-refractivity contribution in [1.82, 2.24) is 0 Å². The van der Waals surface area contributed by atoms with Gasteiger partial charge in [-0.3, -0.25) is 4.79 Å². The maximum Gasteiger partial charge on any atom is 0.219 e. The smallest absolute Gasteiger partial charge is 0.219 e. The van der Waals surface area contributed by atoms with E-state index in [2.05, 4.69) is 5.32 Å². The summed E-state index contributed by atoms with van der Waals surface area (Å²) in [4.78, 5) is 10.6. The van der Waals surface area contributed by atoms with E-state index in [4.69, 9.17) is 23.7 Å². The van der Waals surface area contributed by atoms with Gasteiger partial charge in [0.1, 0.15) is 10.8 Å². The summed E-state index contributed by atoms with van der Waals surface area (Å²) in [7, 11) is 0. The van der Waals surface area contributed by atoms with Crippen LogP contribution in [0.25, 0.3) is 0 Å². The second-order valence-corrected chi connectivity index (χ2v) is 3.64. The highest BCUT2D eigenvalue weighted by Crippen LogP contribution is 2.16. The Hall–Kier alpha value is -1.69. The molecule has 0 spiro atoms. The van der Waals surface area contributed by atoms with Crippen LogP contribution < -0.4 is 16.8 Å². The van der Waals surface area contributed by atoms with Crippen LogP contribution >= 0.6 is 12.2 Å². The highest BCUT2D eigenvalue weighted by molar-refractivity contribution is 7.80. The van der Waals surface area contributed by atoms with Gasteiger partial charge in [0.05, 0.1) is 0 Å². The number of nitrogens with one attached hydrogen (secondary N) is 1. The minimum Gasteiger partial charge on any atom is -0.389 e. The van der Waals surface area contributed by atoms with Crippen LogP contribution in [0.4, 0.5) is 10.1 Å². The number of benzene rings is 1. The van der Waals surface area contributed by atoms with E-state index in [-0.39, 0.29) is 11.4 Å². The average Bonchev–Trinajstić information content (AvgIpc) is 2.19. The van der Waals surface area contributed by atoms with Crippen LogP contribution in [0, 0.1) is 5.82 Å². The Bertz CT molecular complexity index is 423. The van der Waals surface area contributed by atoms with Crippen molar-refractivity contribution in [2.24, 2.45) is 11.5 Å². The van der Waals surface area contributed by atoms with Crippen molar-refractivity contribution < 1.29 is 9.18 Å². The van der Waals surface area contributed by atoms with Crippen LogP contribution in [0.3, 0.4) is 0 Å². The molecule has 0 aliphatic heterocycles. The summed E-state index contributed by atoms with van der Waals surface area (Å²) in [6.07, 6.45) is 0.189. The molecule has 1 aromatic rings. The van der Waals surface area contributed by atoms with Crippen molar-refractivity contribution in [3.8, 4) is 0 Å². The highest BCUT2D eigenvalue weighted by Gasteiger charge is 2.06. The first kappa shape index (κ1) is 12.4. The predicted molar refractivity (Wildman–Crippen MR) is 64.6 cm³/mol. The van der Waals surface area contributed by atoms with Gasteiger partial charge < -0.3 is 16.8 Å². The topological polar surface area (TPSA) is 81.1 Å². The van der Waals surface area contributed by atoms with Crippen LogP contribution in [0.15, 0.2) is 18.2 Å². The van der Waals surface area contributed by atoms with E-state index in [1.807, 2.05) is 0 Å². The van der Waals surface area contributed by atoms with Crippen LogP contribution in [0.1, 0.15) is 12.0 Å². The number of nitrogens with two attached hydrogens (primary N) is 2. The number of anilines is 1. The van der Waals surface area contributed by atoms with E-state index in [9.17, 15) is 9.18 Å². The zero-order valence-electron chi connectivity index (χ0n) is 8.50. The van der Waals surface area contributed by atoms with Crippen LogP contribution in [-0.2, 0) is 4.79 Å². The first-order valence-corrected chi connectivity index (χ1v) is 5.03. The Balaban J connectivity index is 2.78. The van der Waals surface area contributed by atoms with Crippen LogP contribution in [0.5, 0.6) is 0 Å². The molecule has 0 radical (unpaired) electrons. The average molecular weight is 241 g/mol. The van der Waals surface area contributed by atoms with Gasteiger partial charge in [-0.1, -0.05) is 12.2 Å². The summed E-state index contributed by atoms with van der Waals surface area (Å²) >= 11 is 4.79. The summed E-state index contributed by atoms with van der Waals surface area (Å²) in [6, 6.07) is 4.05. The van der Waals surface area contributed by atoms with Gasteiger partial charge in [0, 0.05) is 24.2 Å². The monoisotopic (exact) mass is 241 g/mol. The molecule has 0 atom stereocenters. The number of carbonyl (C=O) groups is 1. The number of halogens is 1. The van der Waals surface area contributed by atoms with E-state index in [0.29, 0.717) is 17.8 Å². The third kappa shape index (κ3) is 3.47. The summed E-state index contributed by atoms with van der Waals surface area (Å²) < 4.78 is 12.9. The van der Waals surface area contributed by atoms with Gasteiger partial charge in [0.15, 0.2) is 0 Å². The molecule has 5 N–H and O–H groups in total. The molecule has 0 saturated carbocycles. The fourth-order valence-corrected chi connectivity index (χ4v) is 1.36. The Morgan fingerprint density at radius 1 is 1.44 bits per heavy atom. The van der Waals surface area contributed by atoms with Crippen molar-refractivity contribution in [2.45, 2.75) is 6.42 Å². The predicted octanol–water partition coefficient (Wildman–Crippen LogP) is 0.747.